The lowest BCUT2D eigenvalue weighted by atomic mass is 9.99. The van der Waals surface area contributed by atoms with E-state index in [1.165, 1.54) is 19.2 Å². The van der Waals surface area contributed by atoms with E-state index in [4.69, 9.17) is 18.9 Å². The largest absolute Gasteiger partial charge is 0.508 e. The first-order valence-corrected chi connectivity index (χ1v) is 11.2. The normalized spacial score (nSPS) is 24.0. The molecule has 13 heteroatoms. The van der Waals surface area contributed by atoms with Gasteiger partial charge < -0.3 is 39.0 Å². The second-order valence-electron chi connectivity index (χ2n) is 8.54. The molecule has 0 bridgehead atoms. The molecule has 1 saturated heterocycles. The van der Waals surface area contributed by atoms with Crippen LogP contribution < -0.4 is 9.47 Å². The number of methoxy groups -OCH3 is 2. The fourth-order valence-corrected chi connectivity index (χ4v) is 3.85. The van der Waals surface area contributed by atoms with Crippen LogP contribution in [0.3, 0.4) is 0 Å². The minimum Gasteiger partial charge on any atom is -0.494 e. The Morgan fingerprint density at radius 3 is 2.44 bits per heavy atom. The Balaban J connectivity index is 1.92. The smallest absolute Gasteiger partial charge is 0.494 e. The Morgan fingerprint density at radius 1 is 1.14 bits per heavy atom. The molecular weight excluding hydrogens is 486 g/mol. The summed E-state index contributed by atoms with van der Waals surface area (Å²) in [4.78, 5) is 11.3. The van der Waals surface area contributed by atoms with Crippen LogP contribution >= 0.6 is 0 Å². The zero-order valence-electron chi connectivity index (χ0n) is 20.5. The maximum atomic E-state index is 14.7. The summed E-state index contributed by atoms with van der Waals surface area (Å²) in [6.45, 7) is 4.93. The van der Waals surface area contributed by atoms with E-state index in [-0.39, 0.29) is 29.7 Å². The standard InChI is InChI=1S/C23H30F2N2O9/c1-10(2)27-11(3)13(8-12-6-7-14(32-4)17(25)16(12)24)21(26-27)36-22-20(30)19(29)18(28)15(35-22)9-34-23(31)33-5/h6-7,10,15,18-20,22,28-30H,8-9H2,1-5H3/t15?,18-,19+,20-,22+/m1/s1. The third-order valence-electron chi connectivity index (χ3n) is 5.87. The van der Waals surface area contributed by atoms with Gasteiger partial charge in [-0.2, -0.15) is 4.39 Å². The molecule has 200 valence electrons. The van der Waals surface area contributed by atoms with E-state index < -0.39 is 55.1 Å². The number of nitrogens with zero attached hydrogens (tertiary/aromatic N) is 2. The SMILES string of the molecule is COC(=O)OCC1O[C@@H](Oc2nn(C(C)C)c(C)c2Cc2ccc(OC)c(F)c2F)[C@H](O)[C@@H](O)[C@@H]1O. The molecule has 0 radical (unpaired) electrons. The van der Waals surface area contributed by atoms with E-state index in [1.807, 2.05) is 13.8 Å². The van der Waals surface area contributed by atoms with E-state index in [0.717, 1.165) is 7.11 Å². The Morgan fingerprint density at radius 2 is 1.83 bits per heavy atom. The minimum absolute atomic E-state index is 0.00878. The van der Waals surface area contributed by atoms with Gasteiger partial charge >= 0.3 is 6.16 Å². The minimum atomic E-state index is -1.71. The van der Waals surface area contributed by atoms with Gasteiger partial charge in [0.2, 0.25) is 18.0 Å². The monoisotopic (exact) mass is 516 g/mol. The molecule has 1 aliphatic rings. The summed E-state index contributed by atoms with van der Waals surface area (Å²) in [6, 6.07) is 2.54. The van der Waals surface area contributed by atoms with Gasteiger partial charge in [-0.1, -0.05) is 6.07 Å². The van der Waals surface area contributed by atoms with E-state index in [2.05, 4.69) is 9.84 Å². The number of carbonyl (C=O) groups is 1. The molecule has 3 rings (SSSR count). The number of rotatable bonds is 8. The Labute approximate surface area is 206 Å². The first kappa shape index (κ1) is 27.6. The number of ether oxygens (including phenoxy) is 5. The molecule has 36 heavy (non-hydrogen) atoms. The average Bonchev–Trinajstić information content (AvgIpc) is 3.16. The van der Waals surface area contributed by atoms with Crippen molar-refractivity contribution in [2.45, 2.75) is 63.9 Å². The topological polar surface area (TPSA) is 142 Å². The molecule has 5 atom stereocenters. The van der Waals surface area contributed by atoms with Crippen molar-refractivity contribution in [1.82, 2.24) is 9.78 Å². The lowest BCUT2D eigenvalue weighted by molar-refractivity contribution is -0.278. The first-order chi connectivity index (χ1) is 17.0. The first-order valence-electron chi connectivity index (χ1n) is 11.2. The number of carbonyl (C=O) groups excluding carboxylic acids is 1. The summed E-state index contributed by atoms with van der Waals surface area (Å²) < 4.78 is 55.9. The highest BCUT2D eigenvalue weighted by Crippen LogP contribution is 2.32. The molecule has 0 saturated carbocycles. The summed E-state index contributed by atoms with van der Waals surface area (Å²) in [5.41, 5.74) is 0.979. The van der Waals surface area contributed by atoms with Crippen molar-refractivity contribution in [3.05, 3.63) is 40.6 Å². The van der Waals surface area contributed by atoms with E-state index in [0.29, 0.717) is 11.3 Å². The number of benzene rings is 1. The van der Waals surface area contributed by atoms with E-state index in [9.17, 15) is 28.9 Å². The second-order valence-corrected chi connectivity index (χ2v) is 8.54. The zero-order valence-corrected chi connectivity index (χ0v) is 20.5. The highest BCUT2D eigenvalue weighted by atomic mass is 19.2. The average molecular weight is 516 g/mol. The van der Waals surface area contributed by atoms with Crippen molar-refractivity contribution in [3.63, 3.8) is 0 Å². The predicted octanol–water partition coefficient (Wildman–Crippen LogP) is 1.62. The number of aliphatic hydroxyl groups is 3. The molecule has 11 nitrogen and oxygen atoms in total. The lowest BCUT2D eigenvalue weighted by Gasteiger charge is -2.39. The lowest BCUT2D eigenvalue weighted by Crippen LogP contribution is -2.60. The number of halogens is 2. The zero-order chi connectivity index (χ0) is 26.7. The highest BCUT2D eigenvalue weighted by molar-refractivity contribution is 5.59. The number of hydrogen-bond acceptors (Lipinski definition) is 10. The third-order valence-corrected chi connectivity index (χ3v) is 5.87. The summed E-state index contributed by atoms with van der Waals surface area (Å²) in [6.07, 6.45) is -8.98. The van der Waals surface area contributed by atoms with Crippen LogP contribution in [0, 0.1) is 18.6 Å². The van der Waals surface area contributed by atoms with Crippen molar-refractivity contribution in [1.29, 1.82) is 0 Å². The maximum Gasteiger partial charge on any atom is 0.508 e. The molecule has 1 aromatic heterocycles. The van der Waals surface area contributed by atoms with Gasteiger partial charge in [-0.3, -0.25) is 4.68 Å². The van der Waals surface area contributed by atoms with Crippen LogP contribution in [0.5, 0.6) is 11.6 Å². The van der Waals surface area contributed by atoms with Crippen LogP contribution in [0.1, 0.15) is 36.7 Å². The summed E-state index contributed by atoms with van der Waals surface area (Å²) in [5, 5.41) is 35.4. The van der Waals surface area contributed by atoms with Crippen molar-refractivity contribution in [3.8, 4) is 11.6 Å². The third kappa shape index (κ3) is 5.53. The van der Waals surface area contributed by atoms with Gasteiger partial charge in [0.1, 0.15) is 31.0 Å². The van der Waals surface area contributed by atoms with Crippen LogP contribution in [-0.2, 0) is 20.6 Å². The molecule has 0 spiro atoms. The van der Waals surface area contributed by atoms with Gasteiger partial charge in [0.25, 0.3) is 0 Å². The fraction of sp³-hybridized carbons (Fsp3) is 0.565. The van der Waals surface area contributed by atoms with Gasteiger partial charge in [-0.05, 0) is 32.4 Å². The summed E-state index contributed by atoms with van der Waals surface area (Å²) in [5.74, 6) is -2.53. The molecule has 1 aromatic carbocycles. The van der Waals surface area contributed by atoms with E-state index in [1.54, 1.807) is 11.6 Å². The van der Waals surface area contributed by atoms with Crippen LogP contribution in [0.15, 0.2) is 12.1 Å². The van der Waals surface area contributed by atoms with Crippen LogP contribution in [0.2, 0.25) is 0 Å². The molecule has 0 aliphatic carbocycles. The molecule has 0 amide bonds. The van der Waals surface area contributed by atoms with Gasteiger partial charge in [0, 0.05) is 23.7 Å². The van der Waals surface area contributed by atoms with Crippen molar-refractivity contribution in [2.75, 3.05) is 20.8 Å². The van der Waals surface area contributed by atoms with Gasteiger partial charge in [0.15, 0.2) is 11.6 Å². The molecule has 1 aliphatic heterocycles. The number of hydrogen-bond donors (Lipinski definition) is 3. The van der Waals surface area contributed by atoms with Crippen molar-refractivity contribution < 1.29 is 52.6 Å². The Hall–Kier alpha value is -3.00. The number of aromatic nitrogens is 2. The van der Waals surface area contributed by atoms with Gasteiger partial charge in [0.05, 0.1) is 14.2 Å². The Bertz CT molecular complexity index is 1080. The van der Waals surface area contributed by atoms with E-state index >= 15 is 0 Å². The highest BCUT2D eigenvalue weighted by Gasteiger charge is 2.46. The molecule has 2 heterocycles. The molecule has 1 unspecified atom stereocenters. The van der Waals surface area contributed by atoms with Gasteiger partial charge in [-0.25, -0.2) is 9.18 Å². The van der Waals surface area contributed by atoms with Crippen molar-refractivity contribution in [2.24, 2.45) is 0 Å². The predicted molar refractivity (Wildman–Crippen MR) is 119 cm³/mol. The molecular formula is C23H30F2N2O9. The molecule has 2 aromatic rings. The fourth-order valence-electron chi connectivity index (χ4n) is 3.85. The summed E-state index contributed by atoms with van der Waals surface area (Å²) in [7, 11) is 2.32. The second kappa shape index (κ2) is 11.4. The summed E-state index contributed by atoms with van der Waals surface area (Å²) >= 11 is 0. The quantitative estimate of drug-likeness (QED) is 0.443. The maximum absolute atomic E-state index is 14.7. The van der Waals surface area contributed by atoms with Crippen LogP contribution in [0.25, 0.3) is 0 Å². The van der Waals surface area contributed by atoms with Crippen LogP contribution in [-0.4, -0.2) is 82.8 Å². The number of aliphatic hydroxyl groups excluding tert-OH is 3. The Kier molecular flexibility index (Phi) is 8.71. The van der Waals surface area contributed by atoms with Crippen molar-refractivity contribution >= 4 is 6.16 Å². The van der Waals surface area contributed by atoms with Gasteiger partial charge in [-0.15, -0.1) is 5.10 Å². The molecule has 1 fully saturated rings. The van der Waals surface area contributed by atoms with Crippen LogP contribution in [0.4, 0.5) is 13.6 Å². The molecule has 3 N–H and O–H groups in total.